The van der Waals surface area contributed by atoms with E-state index in [0.717, 1.165) is 0 Å². The Morgan fingerprint density at radius 1 is 1.14 bits per heavy atom. The van der Waals surface area contributed by atoms with Crippen molar-refractivity contribution in [2.24, 2.45) is 28.6 Å². The minimum absolute atomic E-state index is 0.204. The van der Waals surface area contributed by atoms with Crippen LogP contribution in [0.5, 0.6) is 5.75 Å². The molecule has 0 aliphatic heterocycles. The molecular formula is C28H31FO7. The van der Waals surface area contributed by atoms with Crippen LogP contribution in [-0.2, 0) is 14.3 Å². The number of alkyl halides is 1. The number of carbonyl (C=O) groups is 3. The molecule has 4 aliphatic carbocycles. The smallest absolute Gasteiger partial charge is 0.478 e. The number of para-hydroxylation sites is 1. The van der Waals surface area contributed by atoms with E-state index in [1.165, 1.54) is 12.2 Å². The van der Waals surface area contributed by atoms with Crippen LogP contribution in [0.1, 0.15) is 46.5 Å². The third kappa shape index (κ3) is 3.03. The van der Waals surface area contributed by atoms with E-state index in [9.17, 15) is 24.6 Å². The van der Waals surface area contributed by atoms with E-state index in [1.807, 2.05) is 0 Å². The molecule has 0 bridgehead atoms. The number of aliphatic hydroxyl groups is 1. The number of allylic oxidation sites excluding steroid dienone is 4. The molecule has 5 rings (SSSR count). The zero-order chi connectivity index (χ0) is 26.1. The molecule has 7 nitrogen and oxygen atoms in total. The number of hydrogen-bond donors (Lipinski definition) is 2. The molecule has 3 fully saturated rings. The number of carboxylic acid groups (broad SMARTS) is 1. The van der Waals surface area contributed by atoms with E-state index in [1.54, 1.807) is 57.2 Å². The van der Waals surface area contributed by atoms with Crippen LogP contribution in [0, 0.1) is 28.6 Å². The Kier molecular flexibility index (Phi) is 5.49. The van der Waals surface area contributed by atoms with Crippen LogP contribution in [0.15, 0.2) is 54.1 Å². The number of aliphatic carboxylic acids is 1. The van der Waals surface area contributed by atoms with Gasteiger partial charge in [0.25, 0.3) is 0 Å². The standard InChI is InChI=1S/C28H31FO7/c1-16-13-21-20-10-9-17-14-18(30)11-12-25(17,2)27(20,29)22(31)15-26(21,3)28(16,23(32)33)36-24(34)35-19-7-5-4-6-8-19/h4-8,11-12,14,16,20-22,31H,9-10,13,15H2,1-3H3,(H,32,33)/t16-,20+,21+,22+,25+,26+,27+,28+/m1/s1. The molecule has 1 aromatic carbocycles. The number of rotatable bonds is 3. The lowest BCUT2D eigenvalue weighted by molar-refractivity contribution is -0.226. The maximum atomic E-state index is 17.3. The minimum Gasteiger partial charge on any atom is -0.478 e. The Balaban J connectivity index is 1.54. The number of ether oxygens (including phenoxy) is 2. The third-order valence-electron chi connectivity index (χ3n) is 9.69. The molecule has 0 aromatic heterocycles. The van der Waals surface area contributed by atoms with Crippen molar-refractivity contribution in [2.45, 2.75) is 63.8 Å². The van der Waals surface area contributed by atoms with Crippen molar-refractivity contribution in [1.29, 1.82) is 0 Å². The molecular weight excluding hydrogens is 467 g/mol. The molecule has 0 radical (unpaired) electrons. The van der Waals surface area contributed by atoms with Crippen molar-refractivity contribution in [2.75, 3.05) is 0 Å². The molecule has 192 valence electrons. The molecule has 36 heavy (non-hydrogen) atoms. The van der Waals surface area contributed by atoms with Crippen LogP contribution >= 0.6 is 0 Å². The van der Waals surface area contributed by atoms with Gasteiger partial charge in [0.05, 0.1) is 6.10 Å². The Hall–Kier alpha value is -3.00. The Labute approximate surface area is 209 Å². The number of halogens is 1. The summed E-state index contributed by atoms with van der Waals surface area (Å²) in [6.45, 7) is 5.08. The second kappa shape index (κ2) is 8.00. The number of ketones is 1. The van der Waals surface area contributed by atoms with Crippen molar-refractivity contribution in [1.82, 2.24) is 0 Å². The second-order valence-electron chi connectivity index (χ2n) is 11.2. The van der Waals surface area contributed by atoms with Crippen molar-refractivity contribution in [3.8, 4) is 5.75 Å². The maximum Gasteiger partial charge on any atom is 0.515 e. The molecule has 0 spiro atoms. The predicted octanol–water partition coefficient (Wildman–Crippen LogP) is 4.64. The Morgan fingerprint density at radius 2 is 1.83 bits per heavy atom. The zero-order valence-electron chi connectivity index (χ0n) is 20.6. The molecule has 4 aliphatic rings. The van der Waals surface area contributed by atoms with Crippen molar-refractivity contribution in [3.05, 3.63) is 54.1 Å². The topological polar surface area (TPSA) is 110 Å². The molecule has 1 aromatic rings. The van der Waals surface area contributed by atoms with Gasteiger partial charge < -0.3 is 19.7 Å². The van der Waals surface area contributed by atoms with Crippen molar-refractivity contribution >= 4 is 17.9 Å². The molecule has 0 unspecified atom stereocenters. The van der Waals surface area contributed by atoms with E-state index >= 15 is 4.39 Å². The molecule has 0 heterocycles. The van der Waals surface area contributed by atoms with Crippen LogP contribution in [0.4, 0.5) is 9.18 Å². The highest BCUT2D eigenvalue weighted by Crippen LogP contribution is 2.71. The van der Waals surface area contributed by atoms with Gasteiger partial charge >= 0.3 is 12.1 Å². The summed E-state index contributed by atoms with van der Waals surface area (Å²) < 4.78 is 28.2. The van der Waals surface area contributed by atoms with E-state index in [-0.39, 0.29) is 18.0 Å². The minimum atomic E-state index is -2.10. The molecule has 8 heteroatoms. The van der Waals surface area contributed by atoms with Crippen LogP contribution in [-0.4, -0.2) is 45.5 Å². The highest BCUT2D eigenvalue weighted by atomic mass is 19.1. The maximum absolute atomic E-state index is 17.3. The van der Waals surface area contributed by atoms with Gasteiger partial charge in [0.15, 0.2) is 11.5 Å². The van der Waals surface area contributed by atoms with Crippen LogP contribution < -0.4 is 4.74 Å². The Morgan fingerprint density at radius 3 is 2.50 bits per heavy atom. The van der Waals surface area contributed by atoms with Gasteiger partial charge in [0.2, 0.25) is 5.60 Å². The molecule has 8 atom stereocenters. The van der Waals surface area contributed by atoms with E-state index < -0.39 is 58.1 Å². The van der Waals surface area contributed by atoms with Crippen LogP contribution in [0.25, 0.3) is 0 Å². The lowest BCUT2D eigenvalue weighted by Gasteiger charge is -2.62. The average molecular weight is 499 g/mol. The van der Waals surface area contributed by atoms with Gasteiger partial charge in [0, 0.05) is 22.7 Å². The first-order valence-electron chi connectivity index (χ1n) is 12.4. The number of hydrogen-bond acceptors (Lipinski definition) is 6. The molecule has 0 saturated heterocycles. The summed E-state index contributed by atoms with van der Waals surface area (Å²) in [7, 11) is 0. The summed E-state index contributed by atoms with van der Waals surface area (Å²) in [6, 6.07) is 8.19. The summed E-state index contributed by atoms with van der Waals surface area (Å²) in [5, 5.41) is 21.9. The van der Waals surface area contributed by atoms with Crippen molar-refractivity contribution in [3.63, 3.8) is 0 Å². The predicted molar refractivity (Wildman–Crippen MR) is 127 cm³/mol. The summed E-state index contributed by atoms with van der Waals surface area (Å²) in [4.78, 5) is 37.7. The highest BCUT2D eigenvalue weighted by Gasteiger charge is 2.78. The number of benzene rings is 1. The second-order valence-corrected chi connectivity index (χ2v) is 11.2. The van der Waals surface area contributed by atoms with Gasteiger partial charge in [-0.25, -0.2) is 14.0 Å². The van der Waals surface area contributed by atoms with E-state index in [4.69, 9.17) is 9.47 Å². The summed E-state index contributed by atoms with van der Waals surface area (Å²) in [5.41, 5.74) is -5.90. The Bertz CT molecular complexity index is 1180. The van der Waals surface area contributed by atoms with Gasteiger partial charge in [0.1, 0.15) is 5.75 Å². The monoisotopic (exact) mass is 498 g/mol. The highest BCUT2D eigenvalue weighted by molar-refractivity contribution is 6.01. The van der Waals surface area contributed by atoms with Gasteiger partial charge in [-0.15, -0.1) is 0 Å². The first kappa shape index (κ1) is 24.7. The largest absolute Gasteiger partial charge is 0.515 e. The summed E-state index contributed by atoms with van der Waals surface area (Å²) in [6.07, 6.45) is 2.58. The van der Waals surface area contributed by atoms with Crippen molar-refractivity contribution < 1.29 is 38.5 Å². The molecule has 0 amide bonds. The lowest BCUT2D eigenvalue weighted by Crippen LogP contribution is -2.69. The fourth-order valence-electron chi connectivity index (χ4n) is 7.98. The first-order chi connectivity index (χ1) is 16.9. The molecule has 2 N–H and O–H groups in total. The number of fused-ring (bicyclic) bond motifs is 5. The van der Waals surface area contributed by atoms with E-state index in [0.29, 0.717) is 24.8 Å². The van der Waals surface area contributed by atoms with Crippen LogP contribution in [0.2, 0.25) is 0 Å². The third-order valence-corrected chi connectivity index (χ3v) is 9.69. The fourth-order valence-corrected chi connectivity index (χ4v) is 7.98. The average Bonchev–Trinajstić information content (AvgIpc) is 3.03. The quantitative estimate of drug-likeness (QED) is 0.461. The normalized spacial score (nSPS) is 43.0. The SMILES string of the molecule is C[C@@H]1C[C@H]2[C@@H]3CCC4=CC(=O)C=C[C@]4(C)[C@@]3(F)[C@@H](O)C[C@]2(C)[C@@]1(OC(=O)Oc1ccccc1)C(=O)O. The number of carbonyl (C=O) groups excluding carboxylic acids is 2. The zero-order valence-corrected chi connectivity index (χ0v) is 20.6. The number of carboxylic acids is 1. The summed E-state index contributed by atoms with van der Waals surface area (Å²) >= 11 is 0. The van der Waals surface area contributed by atoms with Crippen LogP contribution in [0.3, 0.4) is 0 Å². The first-order valence-corrected chi connectivity index (χ1v) is 12.4. The van der Waals surface area contributed by atoms with Gasteiger partial charge in [-0.1, -0.05) is 43.7 Å². The van der Waals surface area contributed by atoms with Gasteiger partial charge in [-0.05, 0) is 62.8 Å². The van der Waals surface area contributed by atoms with Gasteiger partial charge in [-0.2, -0.15) is 0 Å². The summed E-state index contributed by atoms with van der Waals surface area (Å²) in [5.74, 6) is -3.16. The number of aliphatic hydroxyl groups excluding tert-OH is 1. The lowest BCUT2D eigenvalue weighted by atomic mass is 9.45. The fraction of sp³-hybridized carbons (Fsp3) is 0.536. The van der Waals surface area contributed by atoms with Gasteiger partial charge in [-0.3, -0.25) is 4.79 Å². The molecule has 3 saturated carbocycles. The van der Waals surface area contributed by atoms with E-state index in [2.05, 4.69) is 0 Å².